The highest BCUT2D eigenvalue weighted by Crippen LogP contribution is 2.71. The minimum Gasteiger partial charge on any atom is -0.465 e. The van der Waals surface area contributed by atoms with Crippen LogP contribution >= 0.6 is 0 Å². The molecule has 144 valence electrons. The number of carbonyl (C=O) groups is 4. The van der Waals surface area contributed by atoms with Crippen molar-refractivity contribution in [2.75, 3.05) is 6.61 Å². The van der Waals surface area contributed by atoms with Crippen molar-refractivity contribution in [3.63, 3.8) is 0 Å². The molecule has 0 unspecified atom stereocenters. The van der Waals surface area contributed by atoms with Crippen LogP contribution in [0.3, 0.4) is 0 Å². The molecule has 1 aliphatic heterocycles. The molecular weight excluding hydrogens is 340 g/mol. The first-order chi connectivity index (χ1) is 12.0. The van der Waals surface area contributed by atoms with E-state index in [9.17, 15) is 19.2 Å². The molecule has 2 saturated carbocycles. The molecule has 7 heteroatoms. The summed E-state index contributed by atoms with van der Waals surface area (Å²) in [7, 11) is 0. The molecule has 0 bridgehead atoms. The first kappa shape index (κ1) is 18.9. The van der Waals surface area contributed by atoms with E-state index in [0.717, 1.165) is 0 Å². The van der Waals surface area contributed by atoms with Gasteiger partial charge in [0.1, 0.15) is 24.1 Å². The van der Waals surface area contributed by atoms with Gasteiger partial charge in [0.15, 0.2) is 0 Å². The Hall–Kier alpha value is -1.92. The standard InChI is InChI=1S/C19H26O7/c1-10-14(22)6-18-8-16(23)26-19(18,17(10,5)9-24-12(3)20)7-15(11(18)2)25-13(4)21/h10-11,15H,6-9H2,1-5H3/t10-,11-,15-,17-,18-,19-/m1/s1. The first-order valence-corrected chi connectivity index (χ1v) is 9.04. The van der Waals surface area contributed by atoms with Crippen molar-refractivity contribution in [3.05, 3.63) is 0 Å². The maximum atomic E-state index is 12.9. The van der Waals surface area contributed by atoms with Gasteiger partial charge < -0.3 is 14.2 Å². The van der Waals surface area contributed by atoms with E-state index >= 15 is 0 Å². The second-order valence-electron chi connectivity index (χ2n) is 8.34. The fraction of sp³-hybridized carbons (Fsp3) is 0.789. The summed E-state index contributed by atoms with van der Waals surface area (Å²) in [5.41, 5.74) is -2.63. The number of Topliss-reactive ketones (excluding diaryl/α,β-unsaturated/α-hetero) is 1. The number of ketones is 1. The van der Waals surface area contributed by atoms with Gasteiger partial charge in [0.25, 0.3) is 0 Å². The SMILES string of the molecule is CC(=O)OC[C@]1(C)[C@H](C)C(=O)C[C@]23CC(=O)O[C@@]21C[C@@H](OC(C)=O)[C@H]3C. The highest BCUT2D eigenvalue weighted by molar-refractivity contribution is 5.87. The topological polar surface area (TPSA) is 96.0 Å². The molecular formula is C19H26O7. The van der Waals surface area contributed by atoms with Crippen LogP contribution in [-0.2, 0) is 33.4 Å². The molecule has 6 atom stereocenters. The highest BCUT2D eigenvalue weighted by atomic mass is 16.6. The number of hydrogen-bond acceptors (Lipinski definition) is 7. The Morgan fingerprint density at radius 2 is 1.81 bits per heavy atom. The van der Waals surface area contributed by atoms with Crippen LogP contribution in [0, 0.1) is 22.7 Å². The van der Waals surface area contributed by atoms with Crippen molar-refractivity contribution in [3.8, 4) is 0 Å². The van der Waals surface area contributed by atoms with Gasteiger partial charge in [0.2, 0.25) is 0 Å². The Balaban J connectivity index is 2.13. The smallest absolute Gasteiger partial charge is 0.307 e. The molecule has 26 heavy (non-hydrogen) atoms. The van der Waals surface area contributed by atoms with Crippen LogP contribution in [0.2, 0.25) is 0 Å². The van der Waals surface area contributed by atoms with Gasteiger partial charge in [-0.15, -0.1) is 0 Å². The minimum absolute atomic E-state index is 0.0175. The number of rotatable bonds is 3. The zero-order valence-corrected chi connectivity index (χ0v) is 15.9. The maximum absolute atomic E-state index is 12.9. The number of carbonyl (C=O) groups excluding carboxylic acids is 4. The summed E-state index contributed by atoms with van der Waals surface area (Å²) >= 11 is 0. The second kappa shape index (κ2) is 5.79. The predicted octanol–water partition coefficient (Wildman–Crippen LogP) is 1.81. The third-order valence-electron chi connectivity index (χ3n) is 7.21. The highest BCUT2D eigenvalue weighted by Gasteiger charge is 2.79. The molecule has 3 rings (SSSR count). The zero-order valence-electron chi connectivity index (χ0n) is 15.9. The summed E-state index contributed by atoms with van der Waals surface area (Å²) in [4.78, 5) is 48.3. The fourth-order valence-electron chi connectivity index (χ4n) is 5.63. The van der Waals surface area contributed by atoms with Crippen molar-refractivity contribution >= 4 is 23.7 Å². The van der Waals surface area contributed by atoms with E-state index < -0.39 is 40.4 Å². The van der Waals surface area contributed by atoms with Crippen molar-refractivity contribution in [2.24, 2.45) is 22.7 Å². The first-order valence-electron chi connectivity index (χ1n) is 9.04. The van der Waals surface area contributed by atoms with Crippen molar-refractivity contribution < 1.29 is 33.4 Å². The molecule has 1 heterocycles. The van der Waals surface area contributed by atoms with E-state index in [2.05, 4.69) is 0 Å². The third-order valence-corrected chi connectivity index (χ3v) is 7.21. The van der Waals surface area contributed by atoms with Crippen LogP contribution in [0.5, 0.6) is 0 Å². The Morgan fingerprint density at radius 1 is 1.15 bits per heavy atom. The lowest BCUT2D eigenvalue weighted by Crippen LogP contribution is -2.65. The van der Waals surface area contributed by atoms with Crippen LogP contribution in [0.1, 0.15) is 53.9 Å². The van der Waals surface area contributed by atoms with Gasteiger partial charge in [-0.1, -0.05) is 20.8 Å². The van der Waals surface area contributed by atoms with Crippen molar-refractivity contribution in [2.45, 2.75) is 65.6 Å². The van der Waals surface area contributed by atoms with Gasteiger partial charge in [-0.25, -0.2) is 0 Å². The third kappa shape index (κ3) is 2.25. The molecule has 0 N–H and O–H groups in total. The minimum atomic E-state index is -1.00. The molecule has 0 aromatic heterocycles. The summed E-state index contributed by atoms with van der Waals surface area (Å²) in [6.07, 6.45) is 0.180. The molecule has 2 aliphatic carbocycles. The average Bonchev–Trinajstić information content (AvgIpc) is 2.93. The van der Waals surface area contributed by atoms with Crippen molar-refractivity contribution in [1.29, 1.82) is 0 Å². The maximum Gasteiger partial charge on any atom is 0.307 e. The van der Waals surface area contributed by atoms with Crippen molar-refractivity contribution in [1.82, 2.24) is 0 Å². The fourth-order valence-corrected chi connectivity index (χ4v) is 5.63. The van der Waals surface area contributed by atoms with Crippen LogP contribution < -0.4 is 0 Å². The summed E-state index contributed by atoms with van der Waals surface area (Å²) in [6, 6.07) is 0. The van der Waals surface area contributed by atoms with Crippen LogP contribution in [0.25, 0.3) is 0 Å². The van der Waals surface area contributed by atoms with Gasteiger partial charge in [0.05, 0.1) is 11.8 Å². The molecule has 0 aromatic rings. The van der Waals surface area contributed by atoms with Gasteiger partial charge in [-0.2, -0.15) is 0 Å². The summed E-state index contributed by atoms with van der Waals surface area (Å²) < 4.78 is 16.8. The van der Waals surface area contributed by atoms with E-state index in [1.165, 1.54) is 13.8 Å². The Labute approximate surface area is 152 Å². The molecule has 0 aromatic carbocycles. The van der Waals surface area contributed by atoms with Crippen LogP contribution in [0.15, 0.2) is 0 Å². The predicted molar refractivity (Wildman–Crippen MR) is 88.7 cm³/mol. The van der Waals surface area contributed by atoms with E-state index in [1.807, 2.05) is 13.8 Å². The normalized spacial score (nSPS) is 44.1. The monoisotopic (exact) mass is 366 g/mol. The Kier molecular flexibility index (Phi) is 4.20. The van der Waals surface area contributed by atoms with Crippen LogP contribution in [0.4, 0.5) is 0 Å². The molecule has 1 saturated heterocycles. The summed E-state index contributed by atoms with van der Waals surface area (Å²) in [5, 5.41) is 0. The summed E-state index contributed by atoms with van der Waals surface area (Å²) in [6.45, 7) is 8.17. The van der Waals surface area contributed by atoms with Gasteiger partial charge >= 0.3 is 17.9 Å². The molecule has 3 fully saturated rings. The summed E-state index contributed by atoms with van der Waals surface area (Å²) in [5.74, 6) is -1.86. The Morgan fingerprint density at radius 3 is 2.38 bits per heavy atom. The molecule has 0 spiro atoms. The van der Waals surface area contributed by atoms with Gasteiger partial charge in [-0.3, -0.25) is 19.2 Å². The van der Waals surface area contributed by atoms with Gasteiger partial charge in [0, 0.05) is 43.9 Å². The number of ether oxygens (including phenoxy) is 3. The average molecular weight is 366 g/mol. The molecule has 3 aliphatic rings. The lowest BCUT2D eigenvalue weighted by Gasteiger charge is -2.56. The second-order valence-corrected chi connectivity index (χ2v) is 8.34. The van der Waals surface area contributed by atoms with E-state index in [-0.39, 0.29) is 37.1 Å². The quantitative estimate of drug-likeness (QED) is 0.555. The van der Waals surface area contributed by atoms with Gasteiger partial charge in [-0.05, 0) is 0 Å². The molecule has 0 amide bonds. The molecule has 7 nitrogen and oxygen atoms in total. The largest absolute Gasteiger partial charge is 0.465 e. The lowest BCUT2D eigenvalue weighted by molar-refractivity contribution is -0.210. The lowest BCUT2D eigenvalue weighted by atomic mass is 9.48. The van der Waals surface area contributed by atoms with E-state index in [1.54, 1.807) is 6.92 Å². The molecule has 0 radical (unpaired) electrons. The number of esters is 3. The Bertz CT molecular complexity index is 685. The van der Waals surface area contributed by atoms with E-state index in [4.69, 9.17) is 14.2 Å². The van der Waals surface area contributed by atoms with Crippen LogP contribution in [-0.4, -0.2) is 42.0 Å². The van der Waals surface area contributed by atoms with E-state index in [0.29, 0.717) is 6.42 Å². The number of hydrogen-bond donors (Lipinski definition) is 0. The zero-order chi connectivity index (χ0) is 19.5.